The van der Waals surface area contributed by atoms with E-state index in [1.54, 1.807) is 4.90 Å². The molecule has 0 aromatic heterocycles. The number of aliphatic hydroxyl groups excluding tert-OH is 1. The monoisotopic (exact) mass is 340 g/mol. The second-order valence-electron chi connectivity index (χ2n) is 5.70. The summed E-state index contributed by atoms with van der Waals surface area (Å²) < 4.78 is 0.843. The Morgan fingerprint density at radius 3 is 2.85 bits per heavy atom. The maximum atomic E-state index is 12.7. The number of rotatable bonds is 3. The van der Waals surface area contributed by atoms with Gasteiger partial charge in [-0.25, -0.2) is 0 Å². The van der Waals surface area contributed by atoms with E-state index in [1.165, 1.54) is 0 Å². The summed E-state index contributed by atoms with van der Waals surface area (Å²) in [5, 5.41) is 9.88. The van der Waals surface area contributed by atoms with Crippen molar-refractivity contribution in [2.24, 2.45) is 0 Å². The molecule has 0 spiro atoms. The zero-order valence-electron chi connectivity index (χ0n) is 12.1. The first-order chi connectivity index (χ1) is 9.40. The fourth-order valence-electron chi connectivity index (χ4n) is 2.70. The Kier molecular flexibility index (Phi) is 4.83. The highest BCUT2D eigenvalue weighted by Crippen LogP contribution is 2.26. The van der Waals surface area contributed by atoms with Crippen molar-refractivity contribution >= 4 is 21.8 Å². The number of hydrogen-bond donors (Lipinski definition) is 1. The molecular formula is C15H21BrN2O2. The van der Waals surface area contributed by atoms with Crippen molar-refractivity contribution in [3.05, 3.63) is 33.8 Å². The lowest BCUT2D eigenvalue weighted by atomic mass is 10.1. The molecule has 1 saturated heterocycles. The highest BCUT2D eigenvalue weighted by Gasteiger charge is 2.35. The van der Waals surface area contributed by atoms with Crippen LogP contribution in [0.1, 0.15) is 22.3 Å². The number of benzene rings is 1. The standard InChI is InChI=1S/C15H21BrN2O2/c1-10-5-4-6-13(14(10)16)15(20)18-9-12(19)7-11(18)8-17(2)3/h4-6,11-12,19H,7-9H2,1-3H3. The van der Waals surface area contributed by atoms with Gasteiger partial charge in [0, 0.05) is 23.6 Å². The number of β-amino-alcohol motifs (C(OH)–C–C–N with tert-alkyl or cyclic N) is 1. The van der Waals surface area contributed by atoms with Gasteiger partial charge in [-0.2, -0.15) is 0 Å². The van der Waals surface area contributed by atoms with Crippen LogP contribution in [0.2, 0.25) is 0 Å². The molecule has 0 radical (unpaired) electrons. The summed E-state index contributed by atoms with van der Waals surface area (Å²) in [6.45, 7) is 3.15. The van der Waals surface area contributed by atoms with Crippen LogP contribution in [0.4, 0.5) is 0 Å². The van der Waals surface area contributed by atoms with Crippen LogP contribution in [-0.2, 0) is 0 Å². The highest BCUT2D eigenvalue weighted by molar-refractivity contribution is 9.10. The number of aliphatic hydroxyl groups is 1. The zero-order chi connectivity index (χ0) is 14.9. The van der Waals surface area contributed by atoms with E-state index < -0.39 is 6.10 Å². The topological polar surface area (TPSA) is 43.8 Å². The van der Waals surface area contributed by atoms with E-state index in [4.69, 9.17) is 0 Å². The number of amides is 1. The molecule has 5 heteroatoms. The summed E-state index contributed by atoms with van der Waals surface area (Å²) in [7, 11) is 3.96. The van der Waals surface area contributed by atoms with Crippen molar-refractivity contribution < 1.29 is 9.90 Å². The van der Waals surface area contributed by atoms with Crippen LogP contribution in [-0.4, -0.2) is 60.1 Å². The third-order valence-corrected chi connectivity index (χ3v) is 4.70. The second-order valence-corrected chi connectivity index (χ2v) is 6.49. The lowest BCUT2D eigenvalue weighted by Crippen LogP contribution is -2.41. The third kappa shape index (κ3) is 3.22. The van der Waals surface area contributed by atoms with E-state index >= 15 is 0 Å². The van der Waals surface area contributed by atoms with Gasteiger partial charge in [-0.1, -0.05) is 12.1 Å². The van der Waals surface area contributed by atoms with Gasteiger partial charge in [0.25, 0.3) is 5.91 Å². The maximum absolute atomic E-state index is 12.7. The Labute approximate surface area is 128 Å². The fourth-order valence-corrected chi connectivity index (χ4v) is 3.14. The minimum absolute atomic E-state index is 0.0102. The molecule has 110 valence electrons. The average molecular weight is 341 g/mol. The molecule has 20 heavy (non-hydrogen) atoms. The molecular weight excluding hydrogens is 320 g/mol. The lowest BCUT2D eigenvalue weighted by Gasteiger charge is -2.27. The van der Waals surface area contributed by atoms with Gasteiger partial charge in [0.1, 0.15) is 0 Å². The van der Waals surface area contributed by atoms with E-state index in [0.717, 1.165) is 16.6 Å². The molecule has 1 amide bonds. The molecule has 1 aromatic carbocycles. The lowest BCUT2D eigenvalue weighted by molar-refractivity contribution is 0.0698. The molecule has 4 nitrogen and oxygen atoms in total. The molecule has 0 saturated carbocycles. The van der Waals surface area contributed by atoms with Gasteiger partial charge in [0.2, 0.25) is 0 Å². The minimum Gasteiger partial charge on any atom is -0.391 e. The molecule has 1 N–H and O–H groups in total. The first-order valence-corrected chi connectivity index (χ1v) is 7.58. The zero-order valence-corrected chi connectivity index (χ0v) is 13.7. The number of carbonyl (C=O) groups excluding carboxylic acids is 1. The number of halogens is 1. The molecule has 2 unspecified atom stereocenters. The molecule has 1 heterocycles. The molecule has 2 atom stereocenters. The minimum atomic E-state index is -0.424. The van der Waals surface area contributed by atoms with E-state index in [0.29, 0.717) is 18.5 Å². The summed E-state index contributed by atoms with van der Waals surface area (Å²) in [5.74, 6) is -0.0102. The van der Waals surface area contributed by atoms with Crippen LogP contribution in [0, 0.1) is 6.92 Å². The van der Waals surface area contributed by atoms with Crippen molar-refractivity contribution in [3.8, 4) is 0 Å². The Morgan fingerprint density at radius 1 is 1.50 bits per heavy atom. The van der Waals surface area contributed by atoms with E-state index in [2.05, 4.69) is 15.9 Å². The first-order valence-electron chi connectivity index (χ1n) is 6.79. The molecule has 1 aliphatic heterocycles. The van der Waals surface area contributed by atoms with E-state index in [1.807, 2.05) is 44.1 Å². The van der Waals surface area contributed by atoms with E-state index in [9.17, 15) is 9.90 Å². The SMILES string of the molecule is Cc1cccc(C(=O)N2CC(O)CC2CN(C)C)c1Br. The predicted octanol–water partition coefficient (Wildman–Crippen LogP) is 1.89. The van der Waals surface area contributed by atoms with Gasteiger partial charge < -0.3 is 14.9 Å². The van der Waals surface area contributed by atoms with Gasteiger partial charge in [0.15, 0.2) is 0 Å². The average Bonchev–Trinajstić information content (AvgIpc) is 2.72. The van der Waals surface area contributed by atoms with Crippen LogP contribution in [0.15, 0.2) is 22.7 Å². The fraction of sp³-hybridized carbons (Fsp3) is 0.533. The van der Waals surface area contributed by atoms with Crippen LogP contribution in [0.3, 0.4) is 0 Å². The maximum Gasteiger partial charge on any atom is 0.255 e. The van der Waals surface area contributed by atoms with Gasteiger partial charge in [-0.15, -0.1) is 0 Å². The van der Waals surface area contributed by atoms with Crippen molar-refractivity contribution in [2.75, 3.05) is 27.2 Å². The van der Waals surface area contributed by atoms with Crippen molar-refractivity contribution in [3.63, 3.8) is 0 Å². The molecule has 1 aromatic rings. The summed E-state index contributed by atoms with van der Waals surface area (Å²) in [5.41, 5.74) is 1.71. The molecule has 0 aliphatic carbocycles. The summed E-state index contributed by atoms with van der Waals surface area (Å²) in [6, 6.07) is 5.76. The number of likely N-dealkylation sites (N-methyl/N-ethyl adjacent to an activating group) is 1. The summed E-state index contributed by atoms with van der Waals surface area (Å²) >= 11 is 3.49. The quantitative estimate of drug-likeness (QED) is 0.913. The molecule has 0 bridgehead atoms. The Morgan fingerprint density at radius 2 is 2.20 bits per heavy atom. The molecule has 1 fully saturated rings. The van der Waals surface area contributed by atoms with Crippen molar-refractivity contribution in [2.45, 2.75) is 25.5 Å². The van der Waals surface area contributed by atoms with Gasteiger partial charge >= 0.3 is 0 Å². The van der Waals surface area contributed by atoms with Crippen LogP contribution in [0.25, 0.3) is 0 Å². The molecule has 1 aliphatic rings. The van der Waals surface area contributed by atoms with Crippen LogP contribution < -0.4 is 0 Å². The number of likely N-dealkylation sites (tertiary alicyclic amines) is 1. The summed E-state index contributed by atoms with van der Waals surface area (Å²) in [6.07, 6.45) is 0.223. The number of nitrogens with zero attached hydrogens (tertiary/aromatic N) is 2. The molecule has 2 rings (SSSR count). The van der Waals surface area contributed by atoms with Gasteiger partial charge in [-0.3, -0.25) is 4.79 Å². The number of carbonyl (C=O) groups is 1. The highest BCUT2D eigenvalue weighted by atomic mass is 79.9. The van der Waals surface area contributed by atoms with Gasteiger partial charge in [-0.05, 0) is 55.0 Å². The Bertz CT molecular complexity index is 505. The largest absolute Gasteiger partial charge is 0.391 e. The second kappa shape index (κ2) is 6.24. The smallest absolute Gasteiger partial charge is 0.255 e. The third-order valence-electron chi connectivity index (χ3n) is 3.65. The Hall–Kier alpha value is -0.910. The predicted molar refractivity (Wildman–Crippen MR) is 82.9 cm³/mol. The normalized spacial score (nSPS) is 22.6. The van der Waals surface area contributed by atoms with Crippen molar-refractivity contribution in [1.82, 2.24) is 9.80 Å². The Balaban J connectivity index is 2.24. The number of hydrogen-bond acceptors (Lipinski definition) is 3. The van der Waals surface area contributed by atoms with Gasteiger partial charge in [0.05, 0.1) is 11.7 Å². The van der Waals surface area contributed by atoms with Crippen LogP contribution in [0.5, 0.6) is 0 Å². The first kappa shape index (κ1) is 15.5. The van der Waals surface area contributed by atoms with Crippen molar-refractivity contribution in [1.29, 1.82) is 0 Å². The van der Waals surface area contributed by atoms with Crippen LogP contribution >= 0.6 is 15.9 Å². The van der Waals surface area contributed by atoms with E-state index in [-0.39, 0.29) is 11.9 Å². The summed E-state index contributed by atoms with van der Waals surface area (Å²) in [4.78, 5) is 16.6. The number of aryl methyl sites for hydroxylation is 1.